The van der Waals surface area contributed by atoms with Crippen LogP contribution >= 0.6 is 0 Å². The maximum atomic E-state index is 13.1. The van der Waals surface area contributed by atoms with Crippen molar-refractivity contribution in [3.05, 3.63) is 65.5 Å². The van der Waals surface area contributed by atoms with Gasteiger partial charge in [0.25, 0.3) is 0 Å². The minimum absolute atomic E-state index is 0.0422. The highest BCUT2D eigenvalue weighted by Crippen LogP contribution is 2.24. The number of aromatic nitrogens is 1. The monoisotopic (exact) mass is 449 g/mol. The fourth-order valence-corrected chi connectivity index (χ4v) is 3.99. The quantitative estimate of drug-likeness (QED) is 0.696. The predicted octanol–water partition coefficient (Wildman–Crippen LogP) is 3.36. The number of pyridine rings is 1. The highest BCUT2D eigenvalue weighted by molar-refractivity contribution is 5.78. The molecule has 8 nitrogen and oxygen atoms in total. The molecule has 2 aromatic rings. The summed E-state index contributed by atoms with van der Waals surface area (Å²) >= 11 is 0. The third-order valence-electron chi connectivity index (χ3n) is 5.71. The second-order valence-corrected chi connectivity index (χ2v) is 8.39. The van der Waals surface area contributed by atoms with Gasteiger partial charge in [0.05, 0.1) is 24.6 Å². The van der Waals surface area contributed by atoms with Gasteiger partial charge in [0.1, 0.15) is 6.04 Å². The van der Waals surface area contributed by atoms with Crippen molar-refractivity contribution in [2.75, 3.05) is 26.2 Å². The Bertz CT molecular complexity index is 981. The number of hydrogen-bond donors (Lipinski definition) is 1. The van der Waals surface area contributed by atoms with Crippen molar-refractivity contribution in [3.8, 4) is 6.07 Å². The Balaban J connectivity index is 1.63. The van der Waals surface area contributed by atoms with Crippen molar-refractivity contribution in [2.45, 2.75) is 45.4 Å². The lowest BCUT2D eigenvalue weighted by atomic mass is 10.0. The first kappa shape index (κ1) is 24.2. The second kappa shape index (κ2) is 11.4. The van der Waals surface area contributed by atoms with Crippen molar-refractivity contribution in [1.82, 2.24) is 20.1 Å². The summed E-state index contributed by atoms with van der Waals surface area (Å²) in [4.78, 5) is 33.5. The number of benzene rings is 1. The predicted molar refractivity (Wildman–Crippen MR) is 124 cm³/mol. The second-order valence-electron chi connectivity index (χ2n) is 8.39. The number of aryl methyl sites for hydroxylation is 1. The molecular formula is C25H31N5O3. The Morgan fingerprint density at radius 2 is 1.82 bits per heavy atom. The molecule has 1 aromatic heterocycles. The molecule has 0 spiro atoms. The average molecular weight is 450 g/mol. The molecule has 2 heterocycles. The third kappa shape index (κ3) is 6.53. The lowest BCUT2D eigenvalue weighted by Crippen LogP contribution is -2.50. The SMILES string of the molecule is Cc1ncccc1C(C#N)N1CCN(C(=O)CC(NC(=O)OC(C)C)c2ccccc2)CC1. The Kier molecular flexibility index (Phi) is 8.39. The molecule has 0 radical (unpaired) electrons. The minimum atomic E-state index is -0.542. The molecule has 8 heteroatoms. The Morgan fingerprint density at radius 1 is 1.12 bits per heavy atom. The first-order valence-corrected chi connectivity index (χ1v) is 11.2. The van der Waals surface area contributed by atoms with Crippen LogP contribution < -0.4 is 5.32 Å². The van der Waals surface area contributed by atoms with Gasteiger partial charge in [-0.3, -0.25) is 14.7 Å². The zero-order valence-corrected chi connectivity index (χ0v) is 19.4. The standard InChI is InChI=1S/C25H31N5O3/c1-18(2)33-25(32)28-22(20-8-5-4-6-9-20)16-24(31)30-14-12-29(13-15-30)23(17-26)21-10-7-11-27-19(21)3/h4-11,18,22-23H,12-16H2,1-3H3,(H,28,32). The van der Waals surface area contributed by atoms with E-state index in [-0.39, 0.29) is 24.5 Å². The van der Waals surface area contributed by atoms with Gasteiger partial charge in [-0.05, 0) is 32.4 Å². The van der Waals surface area contributed by atoms with Crippen molar-refractivity contribution in [1.29, 1.82) is 5.26 Å². The Hall–Kier alpha value is -3.44. The van der Waals surface area contributed by atoms with E-state index >= 15 is 0 Å². The summed E-state index contributed by atoms with van der Waals surface area (Å²) in [6, 6.07) is 14.7. The summed E-state index contributed by atoms with van der Waals surface area (Å²) in [7, 11) is 0. The van der Waals surface area contributed by atoms with Crippen molar-refractivity contribution in [3.63, 3.8) is 0 Å². The van der Waals surface area contributed by atoms with E-state index in [1.807, 2.05) is 49.4 Å². The van der Waals surface area contributed by atoms with Crippen LogP contribution in [0.4, 0.5) is 4.79 Å². The fourth-order valence-electron chi connectivity index (χ4n) is 3.99. The normalized spacial score (nSPS) is 16.0. The van der Waals surface area contributed by atoms with E-state index in [2.05, 4.69) is 21.3 Å². The number of amides is 2. The molecular weight excluding hydrogens is 418 g/mol. The van der Waals surface area contributed by atoms with Crippen LogP contribution in [-0.4, -0.2) is 59.1 Å². The summed E-state index contributed by atoms with van der Waals surface area (Å²) in [5.41, 5.74) is 2.59. The molecule has 2 atom stereocenters. The fraction of sp³-hybridized carbons (Fsp3) is 0.440. The van der Waals surface area contributed by atoms with Crippen LogP contribution in [0, 0.1) is 18.3 Å². The molecule has 1 saturated heterocycles. The molecule has 33 heavy (non-hydrogen) atoms. The highest BCUT2D eigenvalue weighted by atomic mass is 16.6. The number of carbonyl (C=O) groups excluding carboxylic acids is 2. The van der Waals surface area contributed by atoms with E-state index in [0.717, 1.165) is 16.8 Å². The summed E-state index contributed by atoms with van der Waals surface area (Å²) in [5, 5.41) is 12.6. The molecule has 1 fully saturated rings. The smallest absolute Gasteiger partial charge is 0.407 e. The van der Waals surface area contributed by atoms with Gasteiger partial charge in [-0.25, -0.2) is 4.79 Å². The van der Waals surface area contributed by atoms with Gasteiger partial charge in [0.2, 0.25) is 5.91 Å². The summed E-state index contributed by atoms with van der Waals surface area (Å²) in [5.74, 6) is -0.0422. The zero-order chi connectivity index (χ0) is 23.8. The van der Waals surface area contributed by atoms with Crippen LogP contribution in [0.15, 0.2) is 48.7 Å². The third-order valence-corrected chi connectivity index (χ3v) is 5.71. The average Bonchev–Trinajstić information content (AvgIpc) is 2.81. The number of piperazine rings is 1. The molecule has 0 aliphatic carbocycles. The van der Waals surface area contributed by atoms with Gasteiger partial charge >= 0.3 is 6.09 Å². The van der Waals surface area contributed by atoms with E-state index in [4.69, 9.17) is 4.74 Å². The van der Waals surface area contributed by atoms with Crippen LogP contribution in [0.1, 0.15) is 49.2 Å². The first-order valence-electron chi connectivity index (χ1n) is 11.2. The van der Waals surface area contributed by atoms with Gasteiger partial charge < -0.3 is 15.0 Å². The lowest BCUT2D eigenvalue weighted by Gasteiger charge is -2.37. The van der Waals surface area contributed by atoms with Crippen LogP contribution in [0.3, 0.4) is 0 Å². The van der Waals surface area contributed by atoms with E-state index in [1.165, 1.54) is 0 Å². The maximum absolute atomic E-state index is 13.1. The number of nitrogens with zero attached hydrogens (tertiary/aromatic N) is 4. The van der Waals surface area contributed by atoms with Gasteiger partial charge in [0.15, 0.2) is 0 Å². The molecule has 0 saturated carbocycles. The van der Waals surface area contributed by atoms with Gasteiger partial charge in [-0.1, -0.05) is 36.4 Å². The van der Waals surface area contributed by atoms with Crippen molar-refractivity contribution >= 4 is 12.0 Å². The maximum Gasteiger partial charge on any atom is 0.407 e. The van der Waals surface area contributed by atoms with Crippen LogP contribution in [0.2, 0.25) is 0 Å². The van der Waals surface area contributed by atoms with E-state index in [0.29, 0.717) is 26.2 Å². The molecule has 1 aliphatic rings. The Labute approximate surface area is 195 Å². The van der Waals surface area contributed by atoms with Crippen molar-refractivity contribution < 1.29 is 14.3 Å². The Morgan fingerprint density at radius 3 is 2.42 bits per heavy atom. The number of nitrogens with one attached hydrogen (secondary N) is 1. The number of nitriles is 1. The number of carbonyl (C=O) groups is 2. The molecule has 2 amide bonds. The summed E-state index contributed by atoms with van der Waals surface area (Å²) < 4.78 is 5.22. The largest absolute Gasteiger partial charge is 0.447 e. The van der Waals surface area contributed by atoms with Crippen LogP contribution in [0.25, 0.3) is 0 Å². The molecule has 1 aromatic carbocycles. The number of rotatable bonds is 7. The topological polar surface area (TPSA) is 98.6 Å². The van der Waals surface area contributed by atoms with Crippen LogP contribution in [0.5, 0.6) is 0 Å². The lowest BCUT2D eigenvalue weighted by molar-refractivity contribution is -0.133. The summed E-state index contributed by atoms with van der Waals surface area (Å²) in [6.07, 6.45) is 1.07. The zero-order valence-electron chi connectivity index (χ0n) is 19.4. The molecule has 1 N–H and O–H groups in total. The highest BCUT2D eigenvalue weighted by Gasteiger charge is 2.29. The molecule has 0 bridgehead atoms. The minimum Gasteiger partial charge on any atom is -0.447 e. The summed E-state index contributed by atoms with van der Waals surface area (Å²) in [6.45, 7) is 7.70. The van der Waals surface area contributed by atoms with E-state index in [9.17, 15) is 14.9 Å². The van der Waals surface area contributed by atoms with Gasteiger partial charge in [0, 0.05) is 43.6 Å². The molecule has 1 aliphatic heterocycles. The van der Waals surface area contributed by atoms with Crippen LogP contribution in [-0.2, 0) is 9.53 Å². The number of hydrogen-bond acceptors (Lipinski definition) is 6. The first-order chi connectivity index (χ1) is 15.9. The molecule has 174 valence electrons. The van der Waals surface area contributed by atoms with E-state index < -0.39 is 12.1 Å². The molecule has 2 unspecified atom stereocenters. The van der Waals surface area contributed by atoms with Gasteiger partial charge in [-0.2, -0.15) is 5.26 Å². The van der Waals surface area contributed by atoms with E-state index in [1.54, 1.807) is 24.9 Å². The number of ether oxygens (including phenoxy) is 1. The number of alkyl carbamates (subject to hydrolysis) is 1. The molecule has 3 rings (SSSR count). The van der Waals surface area contributed by atoms with Gasteiger partial charge in [-0.15, -0.1) is 0 Å². The van der Waals surface area contributed by atoms with Crippen molar-refractivity contribution in [2.24, 2.45) is 0 Å².